The third-order valence-electron chi connectivity index (χ3n) is 5.08. The van der Waals surface area contributed by atoms with Crippen molar-refractivity contribution in [2.24, 2.45) is 5.10 Å². The summed E-state index contributed by atoms with van der Waals surface area (Å²) < 4.78 is 5.66. The maximum absolute atomic E-state index is 12.7. The van der Waals surface area contributed by atoms with Gasteiger partial charge in [0.25, 0.3) is 0 Å². The maximum atomic E-state index is 12.7. The Morgan fingerprint density at radius 2 is 1.66 bits per heavy atom. The van der Waals surface area contributed by atoms with Crippen molar-refractivity contribution in [1.29, 1.82) is 0 Å². The van der Waals surface area contributed by atoms with Gasteiger partial charge in [0.15, 0.2) is 0 Å². The number of carbonyl (C=O) groups is 3. The third kappa shape index (κ3) is 5.72. The van der Waals surface area contributed by atoms with Crippen LogP contribution in [-0.4, -0.2) is 24.0 Å². The van der Waals surface area contributed by atoms with Crippen molar-refractivity contribution < 1.29 is 19.1 Å². The highest BCUT2D eigenvalue weighted by atomic mass is 35.5. The van der Waals surface area contributed by atoms with E-state index in [2.05, 4.69) is 15.8 Å². The lowest BCUT2D eigenvalue weighted by atomic mass is 10.0. The standard InChI is InChI=1S/C27H20ClN3O4/c1-17-7-6-9-19(15-17)27(34)35-24-14-13-18-8-2-3-10-20(18)21(24)16-29-31-26(33)25(32)30-23-12-5-4-11-22(23)28/h2-16H,1H3,(H,30,32)(H,31,33)/b29-16+. The quantitative estimate of drug-likeness (QED) is 0.135. The molecule has 2 N–H and O–H groups in total. The topological polar surface area (TPSA) is 96.9 Å². The van der Waals surface area contributed by atoms with Crippen LogP contribution in [0, 0.1) is 6.92 Å². The number of aryl methyl sites for hydroxylation is 1. The number of rotatable bonds is 5. The highest BCUT2D eigenvalue weighted by Gasteiger charge is 2.16. The fourth-order valence-electron chi connectivity index (χ4n) is 3.38. The predicted octanol–water partition coefficient (Wildman–Crippen LogP) is 5.11. The van der Waals surface area contributed by atoms with E-state index >= 15 is 0 Å². The molecule has 0 atom stereocenters. The van der Waals surface area contributed by atoms with E-state index in [-0.39, 0.29) is 5.75 Å². The summed E-state index contributed by atoms with van der Waals surface area (Å²) in [5.74, 6) is -2.19. The third-order valence-corrected chi connectivity index (χ3v) is 5.40. The first-order chi connectivity index (χ1) is 16.9. The molecule has 0 unspecified atom stereocenters. The van der Waals surface area contributed by atoms with E-state index in [9.17, 15) is 14.4 Å². The first-order valence-corrected chi connectivity index (χ1v) is 11.0. The minimum atomic E-state index is -0.986. The normalized spacial score (nSPS) is 10.8. The molecule has 35 heavy (non-hydrogen) atoms. The van der Waals surface area contributed by atoms with Crippen LogP contribution >= 0.6 is 11.6 Å². The number of ether oxygens (including phenoxy) is 1. The Hall–Kier alpha value is -4.49. The lowest BCUT2D eigenvalue weighted by molar-refractivity contribution is -0.136. The average Bonchev–Trinajstić information content (AvgIpc) is 2.86. The lowest BCUT2D eigenvalue weighted by Crippen LogP contribution is -2.32. The molecule has 0 aliphatic rings. The van der Waals surface area contributed by atoms with E-state index in [0.29, 0.717) is 21.8 Å². The number of hydrazone groups is 1. The van der Waals surface area contributed by atoms with Gasteiger partial charge in [-0.05, 0) is 48.0 Å². The number of nitrogens with zero attached hydrogens (tertiary/aromatic N) is 1. The van der Waals surface area contributed by atoms with Crippen LogP contribution in [-0.2, 0) is 9.59 Å². The van der Waals surface area contributed by atoms with E-state index in [0.717, 1.165) is 16.3 Å². The molecule has 0 fully saturated rings. The molecule has 0 saturated carbocycles. The van der Waals surface area contributed by atoms with Crippen molar-refractivity contribution in [2.45, 2.75) is 6.92 Å². The zero-order valence-electron chi connectivity index (χ0n) is 18.6. The number of hydrogen-bond donors (Lipinski definition) is 2. The Balaban J connectivity index is 1.55. The maximum Gasteiger partial charge on any atom is 0.343 e. The van der Waals surface area contributed by atoms with Gasteiger partial charge in [0.2, 0.25) is 0 Å². The molecule has 0 spiro atoms. The van der Waals surface area contributed by atoms with Crippen molar-refractivity contribution in [2.75, 3.05) is 5.32 Å². The molecule has 8 heteroatoms. The first-order valence-electron chi connectivity index (χ1n) is 10.6. The second kappa shape index (κ2) is 10.6. The van der Waals surface area contributed by atoms with Gasteiger partial charge >= 0.3 is 17.8 Å². The minimum Gasteiger partial charge on any atom is -0.422 e. The molecule has 4 rings (SSSR count). The van der Waals surface area contributed by atoms with Gasteiger partial charge in [-0.25, -0.2) is 10.2 Å². The van der Waals surface area contributed by atoms with E-state index in [1.807, 2.05) is 43.3 Å². The summed E-state index contributed by atoms with van der Waals surface area (Å²) in [4.78, 5) is 37.1. The van der Waals surface area contributed by atoms with Crippen LogP contribution in [0.25, 0.3) is 10.8 Å². The van der Waals surface area contributed by atoms with Crippen molar-refractivity contribution in [3.8, 4) is 5.75 Å². The van der Waals surface area contributed by atoms with E-state index in [1.54, 1.807) is 48.5 Å². The number of nitrogens with one attached hydrogen (secondary N) is 2. The molecule has 0 aliphatic carbocycles. The van der Waals surface area contributed by atoms with Crippen LogP contribution in [0.2, 0.25) is 5.02 Å². The van der Waals surface area contributed by atoms with Crippen LogP contribution in [0.15, 0.2) is 90.0 Å². The first kappa shape index (κ1) is 23.7. The monoisotopic (exact) mass is 485 g/mol. The molecule has 0 heterocycles. The van der Waals surface area contributed by atoms with Crippen LogP contribution in [0.4, 0.5) is 5.69 Å². The zero-order chi connectivity index (χ0) is 24.8. The van der Waals surface area contributed by atoms with Gasteiger partial charge in [-0.3, -0.25) is 9.59 Å². The predicted molar refractivity (Wildman–Crippen MR) is 136 cm³/mol. The van der Waals surface area contributed by atoms with Crippen LogP contribution in [0.3, 0.4) is 0 Å². The summed E-state index contributed by atoms with van der Waals surface area (Å²) >= 11 is 6.01. The summed E-state index contributed by atoms with van der Waals surface area (Å²) in [6.45, 7) is 1.88. The highest BCUT2D eigenvalue weighted by molar-refractivity contribution is 6.41. The minimum absolute atomic E-state index is 0.258. The van der Waals surface area contributed by atoms with Crippen molar-refractivity contribution in [1.82, 2.24) is 5.43 Å². The number of carbonyl (C=O) groups excluding carboxylic acids is 3. The molecular formula is C27H20ClN3O4. The largest absolute Gasteiger partial charge is 0.422 e. The molecule has 0 radical (unpaired) electrons. The van der Waals surface area contributed by atoms with E-state index in [4.69, 9.17) is 16.3 Å². The molecule has 7 nitrogen and oxygen atoms in total. The average molecular weight is 486 g/mol. The molecule has 4 aromatic carbocycles. The van der Waals surface area contributed by atoms with Crippen molar-refractivity contribution >= 4 is 52.1 Å². The molecule has 0 aliphatic heterocycles. The molecular weight excluding hydrogens is 466 g/mol. The number of halogens is 1. The highest BCUT2D eigenvalue weighted by Crippen LogP contribution is 2.27. The number of fused-ring (bicyclic) bond motifs is 1. The Morgan fingerprint density at radius 3 is 2.46 bits per heavy atom. The van der Waals surface area contributed by atoms with Gasteiger partial charge in [0.05, 0.1) is 22.5 Å². The Labute approximate surface area is 206 Å². The molecule has 0 aromatic heterocycles. The molecule has 2 amide bonds. The molecule has 0 bridgehead atoms. The summed E-state index contributed by atoms with van der Waals surface area (Å²) in [7, 11) is 0. The van der Waals surface area contributed by atoms with Crippen molar-refractivity contribution in [3.63, 3.8) is 0 Å². The van der Waals surface area contributed by atoms with Gasteiger partial charge in [-0.1, -0.05) is 71.8 Å². The fourth-order valence-corrected chi connectivity index (χ4v) is 3.56. The van der Waals surface area contributed by atoms with Gasteiger partial charge in [0.1, 0.15) is 5.75 Å². The summed E-state index contributed by atoms with van der Waals surface area (Å²) in [5.41, 5.74) is 4.30. The number of esters is 1. The van der Waals surface area contributed by atoms with Gasteiger partial charge in [-0.15, -0.1) is 0 Å². The van der Waals surface area contributed by atoms with Crippen molar-refractivity contribution in [3.05, 3.63) is 107 Å². The fraction of sp³-hybridized carbons (Fsp3) is 0.0370. The second-order valence-electron chi connectivity index (χ2n) is 7.59. The van der Waals surface area contributed by atoms with E-state index < -0.39 is 17.8 Å². The number of hydrogen-bond acceptors (Lipinski definition) is 5. The Bertz CT molecular complexity index is 1470. The van der Waals surface area contributed by atoms with Crippen LogP contribution in [0.1, 0.15) is 21.5 Å². The zero-order valence-corrected chi connectivity index (χ0v) is 19.4. The molecule has 174 valence electrons. The van der Waals surface area contributed by atoms with Crippen LogP contribution < -0.4 is 15.5 Å². The Morgan fingerprint density at radius 1 is 0.886 bits per heavy atom. The smallest absolute Gasteiger partial charge is 0.343 e. The Kier molecular flexibility index (Phi) is 7.18. The summed E-state index contributed by atoms with van der Waals surface area (Å²) in [6.07, 6.45) is 1.34. The molecule has 4 aromatic rings. The lowest BCUT2D eigenvalue weighted by Gasteiger charge is -2.11. The number of para-hydroxylation sites is 1. The summed E-state index contributed by atoms with van der Waals surface area (Å²) in [6, 6.07) is 24.5. The van der Waals surface area contributed by atoms with E-state index in [1.165, 1.54) is 6.21 Å². The SMILES string of the molecule is Cc1cccc(C(=O)Oc2ccc3ccccc3c2/C=N/NC(=O)C(=O)Nc2ccccc2Cl)c1. The number of amides is 2. The number of anilines is 1. The van der Waals surface area contributed by atoms with Gasteiger partial charge in [-0.2, -0.15) is 5.10 Å². The second-order valence-corrected chi connectivity index (χ2v) is 8.00. The molecule has 0 saturated heterocycles. The van der Waals surface area contributed by atoms with Gasteiger partial charge < -0.3 is 10.1 Å². The summed E-state index contributed by atoms with van der Waals surface area (Å²) in [5, 5.41) is 8.28. The van der Waals surface area contributed by atoms with Crippen LogP contribution in [0.5, 0.6) is 5.75 Å². The van der Waals surface area contributed by atoms with Gasteiger partial charge in [0, 0.05) is 5.56 Å². The number of benzene rings is 4.